The Morgan fingerprint density at radius 2 is 2.44 bits per heavy atom. The van der Waals surface area contributed by atoms with Crippen molar-refractivity contribution >= 4 is 5.91 Å². The van der Waals surface area contributed by atoms with E-state index in [0.29, 0.717) is 19.0 Å². The second-order valence-corrected chi connectivity index (χ2v) is 4.20. The molecule has 0 aliphatic heterocycles. The SMILES string of the molecule is Cn1nccc1CNC(=O)CCNC1CC1. The van der Waals surface area contributed by atoms with E-state index in [1.54, 1.807) is 10.9 Å². The largest absolute Gasteiger partial charge is 0.350 e. The molecular formula is C11H18N4O. The van der Waals surface area contributed by atoms with Gasteiger partial charge in [0.2, 0.25) is 5.91 Å². The van der Waals surface area contributed by atoms with Crippen molar-refractivity contribution in [3.05, 3.63) is 18.0 Å². The van der Waals surface area contributed by atoms with Crippen molar-refractivity contribution in [1.29, 1.82) is 0 Å². The Morgan fingerprint density at radius 3 is 3.06 bits per heavy atom. The Morgan fingerprint density at radius 1 is 1.62 bits per heavy atom. The number of carbonyl (C=O) groups excluding carboxylic acids is 1. The molecule has 1 aliphatic rings. The topological polar surface area (TPSA) is 59.0 Å². The van der Waals surface area contributed by atoms with E-state index in [2.05, 4.69) is 15.7 Å². The summed E-state index contributed by atoms with van der Waals surface area (Å²) in [6.07, 6.45) is 4.80. The summed E-state index contributed by atoms with van der Waals surface area (Å²) in [5, 5.41) is 10.2. The molecule has 0 unspecified atom stereocenters. The van der Waals surface area contributed by atoms with Gasteiger partial charge in [0.25, 0.3) is 0 Å². The molecule has 5 nitrogen and oxygen atoms in total. The van der Waals surface area contributed by atoms with E-state index >= 15 is 0 Å². The molecule has 1 heterocycles. The summed E-state index contributed by atoms with van der Waals surface area (Å²) in [7, 11) is 1.87. The molecule has 1 fully saturated rings. The second-order valence-electron chi connectivity index (χ2n) is 4.20. The molecule has 0 radical (unpaired) electrons. The van der Waals surface area contributed by atoms with Crippen LogP contribution in [0.4, 0.5) is 0 Å². The number of aromatic nitrogens is 2. The quantitative estimate of drug-likeness (QED) is 0.722. The molecular weight excluding hydrogens is 204 g/mol. The molecule has 2 N–H and O–H groups in total. The van der Waals surface area contributed by atoms with Gasteiger partial charge in [0, 0.05) is 32.3 Å². The number of nitrogens with zero attached hydrogens (tertiary/aromatic N) is 2. The molecule has 0 aromatic carbocycles. The second kappa shape index (κ2) is 5.12. The van der Waals surface area contributed by atoms with Crippen LogP contribution in [0.5, 0.6) is 0 Å². The normalized spacial score (nSPS) is 15.1. The molecule has 0 spiro atoms. The third-order valence-electron chi connectivity index (χ3n) is 2.75. The molecule has 16 heavy (non-hydrogen) atoms. The number of carbonyl (C=O) groups is 1. The maximum atomic E-state index is 11.5. The Labute approximate surface area is 95.2 Å². The number of hydrogen-bond acceptors (Lipinski definition) is 3. The van der Waals surface area contributed by atoms with Crippen LogP contribution in [0.15, 0.2) is 12.3 Å². The average molecular weight is 222 g/mol. The van der Waals surface area contributed by atoms with Crippen LogP contribution >= 0.6 is 0 Å². The van der Waals surface area contributed by atoms with Gasteiger partial charge in [0.15, 0.2) is 0 Å². The van der Waals surface area contributed by atoms with Crippen molar-refractivity contribution in [3.8, 4) is 0 Å². The van der Waals surface area contributed by atoms with Gasteiger partial charge in [0.05, 0.1) is 12.2 Å². The van der Waals surface area contributed by atoms with Crippen molar-refractivity contribution in [2.24, 2.45) is 7.05 Å². The lowest BCUT2D eigenvalue weighted by Gasteiger charge is -2.06. The van der Waals surface area contributed by atoms with Crippen LogP contribution in [-0.2, 0) is 18.4 Å². The minimum Gasteiger partial charge on any atom is -0.350 e. The smallest absolute Gasteiger partial charge is 0.221 e. The van der Waals surface area contributed by atoms with E-state index in [0.717, 1.165) is 12.2 Å². The number of amides is 1. The van der Waals surface area contributed by atoms with Crippen LogP contribution in [0.2, 0.25) is 0 Å². The fourth-order valence-electron chi connectivity index (χ4n) is 1.53. The molecule has 1 amide bonds. The first-order valence-corrected chi connectivity index (χ1v) is 5.72. The molecule has 88 valence electrons. The van der Waals surface area contributed by atoms with Gasteiger partial charge in [0.1, 0.15) is 0 Å². The number of nitrogens with one attached hydrogen (secondary N) is 2. The van der Waals surface area contributed by atoms with Crippen LogP contribution < -0.4 is 10.6 Å². The Bertz CT molecular complexity index is 357. The summed E-state index contributed by atoms with van der Waals surface area (Å²) in [4.78, 5) is 11.5. The molecule has 2 rings (SSSR count). The summed E-state index contributed by atoms with van der Waals surface area (Å²) < 4.78 is 1.77. The van der Waals surface area contributed by atoms with Crippen LogP contribution in [0.1, 0.15) is 25.0 Å². The minimum absolute atomic E-state index is 0.0920. The van der Waals surface area contributed by atoms with Crippen LogP contribution in [0, 0.1) is 0 Å². The van der Waals surface area contributed by atoms with Gasteiger partial charge in [-0.15, -0.1) is 0 Å². The molecule has 0 atom stereocenters. The number of hydrogen-bond donors (Lipinski definition) is 2. The molecule has 1 saturated carbocycles. The van der Waals surface area contributed by atoms with Gasteiger partial charge in [-0.2, -0.15) is 5.10 Å². The van der Waals surface area contributed by atoms with Gasteiger partial charge in [-0.25, -0.2) is 0 Å². The lowest BCUT2D eigenvalue weighted by atomic mass is 10.3. The van der Waals surface area contributed by atoms with Gasteiger partial charge in [-0.3, -0.25) is 9.48 Å². The van der Waals surface area contributed by atoms with Crippen LogP contribution in [0.3, 0.4) is 0 Å². The molecule has 0 bridgehead atoms. The van der Waals surface area contributed by atoms with Crippen LogP contribution in [-0.4, -0.2) is 28.3 Å². The summed E-state index contributed by atoms with van der Waals surface area (Å²) in [5.74, 6) is 0.0920. The number of aryl methyl sites for hydroxylation is 1. The summed E-state index contributed by atoms with van der Waals surface area (Å²) in [5.41, 5.74) is 1.02. The van der Waals surface area contributed by atoms with E-state index in [4.69, 9.17) is 0 Å². The van der Waals surface area contributed by atoms with Gasteiger partial charge in [-0.05, 0) is 18.9 Å². The van der Waals surface area contributed by atoms with Crippen molar-refractivity contribution in [2.45, 2.75) is 31.8 Å². The highest BCUT2D eigenvalue weighted by atomic mass is 16.1. The van der Waals surface area contributed by atoms with Gasteiger partial charge >= 0.3 is 0 Å². The summed E-state index contributed by atoms with van der Waals surface area (Å²) in [6, 6.07) is 2.58. The third-order valence-corrected chi connectivity index (χ3v) is 2.75. The predicted molar refractivity (Wildman–Crippen MR) is 60.7 cm³/mol. The van der Waals surface area contributed by atoms with E-state index in [-0.39, 0.29) is 5.91 Å². The summed E-state index contributed by atoms with van der Waals surface area (Å²) in [6.45, 7) is 1.33. The van der Waals surface area contributed by atoms with Crippen molar-refractivity contribution in [1.82, 2.24) is 20.4 Å². The Hall–Kier alpha value is -1.36. The maximum Gasteiger partial charge on any atom is 0.221 e. The molecule has 1 aromatic heterocycles. The van der Waals surface area contributed by atoms with Crippen molar-refractivity contribution in [2.75, 3.05) is 6.54 Å². The molecule has 1 aliphatic carbocycles. The predicted octanol–water partition coefficient (Wildman–Crippen LogP) is 0.178. The highest BCUT2D eigenvalue weighted by Crippen LogP contribution is 2.18. The average Bonchev–Trinajstić information content (AvgIpc) is 2.99. The van der Waals surface area contributed by atoms with E-state index in [9.17, 15) is 4.79 Å². The molecule has 5 heteroatoms. The van der Waals surface area contributed by atoms with Crippen LogP contribution in [0.25, 0.3) is 0 Å². The lowest BCUT2D eigenvalue weighted by Crippen LogP contribution is -2.28. The molecule has 1 aromatic rings. The maximum absolute atomic E-state index is 11.5. The van der Waals surface area contributed by atoms with E-state index in [1.807, 2.05) is 13.1 Å². The standard InChI is InChI=1S/C11H18N4O/c1-15-10(4-7-14-15)8-13-11(16)5-6-12-9-2-3-9/h4,7,9,12H,2-3,5-6,8H2,1H3,(H,13,16). The Balaban J connectivity index is 1.61. The van der Waals surface area contributed by atoms with E-state index < -0.39 is 0 Å². The zero-order chi connectivity index (χ0) is 11.4. The fourth-order valence-corrected chi connectivity index (χ4v) is 1.53. The first-order chi connectivity index (χ1) is 7.75. The monoisotopic (exact) mass is 222 g/mol. The summed E-state index contributed by atoms with van der Waals surface area (Å²) >= 11 is 0. The lowest BCUT2D eigenvalue weighted by molar-refractivity contribution is -0.121. The van der Waals surface area contributed by atoms with Gasteiger partial charge < -0.3 is 10.6 Å². The fraction of sp³-hybridized carbons (Fsp3) is 0.636. The Kier molecular flexibility index (Phi) is 3.56. The van der Waals surface area contributed by atoms with Crippen molar-refractivity contribution in [3.63, 3.8) is 0 Å². The minimum atomic E-state index is 0.0920. The third kappa shape index (κ3) is 3.34. The highest BCUT2D eigenvalue weighted by molar-refractivity contribution is 5.75. The first kappa shape index (κ1) is 11.1. The first-order valence-electron chi connectivity index (χ1n) is 5.72. The number of rotatable bonds is 6. The molecule has 0 saturated heterocycles. The highest BCUT2D eigenvalue weighted by Gasteiger charge is 2.19. The van der Waals surface area contributed by atoms with E-state index in [1.165, 1.54) is 12.8 Å². The zero-order valence-electron chi connectivity index (χ0n) is 9.57. The zero-order valence-corrected chi connectivity index (χ0v) is 9.57. The van der Waals surface area contributed by atoms with Gasteiger partial charge in [-0.1, -0.05) is 0 Å². The van der Waals surface area contributed by atoms with Crippen molar-refractivity contribution < 1.29 is 4.79 Å².